The number of hydrogen-bond donors (Lipinski definition) is 1. The molecule has 0 radical (unpaired) electrons. The molecule has 2 unspecified atom stereocenters. The zero-order chi connectivity index (χ0) is 14.6. The molecule has 1 aliphatic rings. The highest BCUT2D eigenvalue weighted by molar-refractivity contribution is 5.37. The third kappa shape index (κ3) is 3.88. The van der Waals surface area contributed by atoms with Crippen LogP contribution in [0.15, 0.2) is 24.3 Å². The fraction of sp³-hybridized carbons (Fsp3) is 0.600. The van der Waals surface area contributed by atoms with Crippen LogP contribution in [0.2, 0.25) is 0 Å². The summed E-state index contributed by atoms with van der Waals surface area (Å²) in [6.45, 7) is 0. The van der Waals surface area contributed by atoms with Crippen LogP contribution < -0.4 is 10.1 Å². The molecule has 0 saturated heterocycles. The van der Waals surface area contributed by atoms with E-state index < -0.39 is 6.36 Å². The number of nitrogens with one attached hydrogen (secondary N) is 1. The van der Waals surface area contributed by atoms with Crippen molar-refractivity contribution < 1.29 is 17.9 Å². The highest BCUT2D eigenvalue weighted by Crippen LogP contribution is 2.38. The molecular weight excluding hydrogens is 267 g/mol. The Hall–Kier alpha value is -1.23. The van der Waals surface area contributed by atoms with Crippen LogP contribution in [0.25, 0.3) is 0 Å². The lowest BCUT2D eigenvalue weighted by molar-refractivity contribution is -0.275. The second-order valence-electron chi connectivity index (χ2n) is 5.23. The Morgan fingerprint density at radius 1 is 1.10 bits per heavy atom. The number of halogens is 3. The summed E-state index contributed by atoms with van der Waals surface area (Å²) < 4.78 is 41.7. The molecule has 1 aromatic rings. The Labute approximate surface area is 117 Å². The third-order valence-electron chi connectivity index (χ3n) is 3.93. The van der Waals surface area contributed by atoms with E-state index in [1.807, 2.05) is 7.05 Å². The predicted octanol–water partition coefficient (Wildman–Crippen LogP) is 4.22. The maximum atomic E-state index is 12.5. The molecule has 0 spiro atoms. The zero-order valence-corrected chi connectivity index (χ0v) is 11.5. The SMILES string of the molecule is CNC1CCCCCC1c1ccccc1OC(F)(F)F. The first kappa shape index (κ1) is 15.2. The molecule has 112 valence electrons. The minimum Gasteiger partial charge on any atom is -0.405 e. The van der Waals surface area contributed by atoms with E-state index in [9.17, 15) is 13.2 Å². The molecule has 1 N–H and O–H groups in total. The average Bonchev–Trinajstić information content (AvgIpc) is 2.62. The summed E-state index contributed by atoms with van der Waals surface area (Å²) in [5, 5.41) is 3.25. The molecule has 1 aromatic carbocycles. The molecule has 20 heavy (non-hydrogen) atoms. The van der Waals surface area contributed by atoms with Crippen LogP contribution in [0.1, 0.15) is 43.6 Å². The number of rotatable bonds is 3. The van der Waals surface area contributed by atoms with Gasteiger partial charge in [0.05, 0.1) is 0 Å². The van der Waals surface area contributed by atoms with Gasteiger partial charge in [0.25, 0.3) is 0 Å². The largest absolute Gasteiger partial charge is 0.573 e. The summed E-state index contributed by atoms with van der Waals surface area (Å²) in [5.74, 6) is 0.00759. The van der Waals surface area contributed by atoms with Gasteiger partial charge in [0.1, 0.15) is 5.75 Å². The van der Waals surface area contributed by atoms with Crippen LogP contribution in [-0.2, 0) is 0 Å². The van der Waals surface area contributed by atoms with Crippen molar-refractivity contribution in [3.05, 3.63) is 29.8 Å². The first-order chi connectivity index (χ1) is 9.51. The molecule has 1 fully saturated rings. The van der Waals surface area contributed by atoms with Gasteiger partial charge in [0.15, 0.2) is 0 Å². The normalized spacial score (nSPS) is 24.2. The van der Waals surface area contributed by atoms with Crippen LogP contribution in [0.4, 0.5) is 13.2 Å². The molecule has 0 heterocycles. The monoisotopic (exact) mass is 287 g/mol. The number of hydrogen-bond acceptors (Lipinski definition) is 2. The summed E-state index contributed by atoms with van der Waals surface area (Å²) in [7, 11) is 1.87. The summed E-state index contributed by atoms with van der Waals surface area (Å²) in [6.07, 6.45) is 0.533. The Morgan fingerprint density at radius 3 is 2.50 bits per heavy atom. The van der Waals surface area contributed by atoms with E-state index in [-0.39, 0.29) is 17.7 Å². The van der Waals surface area contributed by atoms with Crippen LogP contribution in [0.5, 0.6) is 5.75 Å². The lowest BCUT2D eigenvalue weighted by atomic mass is 9.87. The standard InChI is InChI=1S/C15H20F3NO/c1-19-13-9-4-2-3-7-11(13)12-8-5-6-10-14(12)20-15(16,17)18/h5-6,8,10-11,13,19H,2-4,7,9H2,1H3. The van der Waals surface area contributed by atoms with Crippen molar-refractivity contribution in [2.45, 2.75) is 50.4 Å². The van der Waals surface area contributed by atoms with Crippen LogP contribution in [0, 0.1) is 0 Å². The smallest absolute Gasteiger partial charge is 0.405 e. The topological polar surface area (TPSA) is 21.3 Å². The third-order valence-corrected chi connectivity index (χ3v) is 3.93. The average molecular weight is 287 g/mol. The van der Waals surface area contributed by atoms with E-state index in [1.54, 1.807) is 18.2 Å². The fourth-order valence-electron chi connectivity index (χ4n) is 3.03. The van der Waals surface area contributed by atoms with Crippen molar-refractivity contribution in [3.63, 3.8) is 0 Å². The Kier molecular flexibility index (Phi) is 4.91. The van der Waals surface area contributed by atoms with Gasteiger partial charge < -0.3 is 10.1 Å². The molecule has 1 aliphatic carbocycles. The van der Waals surface area contributed by atoms with Gasteiger partial charge in [-0.1, -0.05) is 37.5 Å². The summed E-state index contributed by atoms with van der Waals surface area (Å²) in [5.41, 5.74) is 0.658. The van der Waals surface area contributed by atoms with Crippen molar-refractivity contribution in [3.8, 4) is 5.75 Å². The molecule has 1 saturated carbocycles. The van der Waals surface area contributed by atoms with Gasteiger partial charge in [0.2, 0.25) is 0 Å². The van der Waals surface area contributed by atoms with E-state index >= 15 is 0 Å². The van der Waals surface area contributed by atoms with Crippen molar-refractivity contribution in [2.75, 3.05) is 7.05 Å². The second-order valence-corrected chi connectivity index (χ2v) is 5.23. The maximum Gasteiger partial charge on any atom is 0.573 e. The Bertz CT molecular complexity index is 433. The molecule has 5 heteroatoms. The van der Waals surface area contributed by atoms with Crippen LogP contribution in [0.3, 0.4) is 0 Å². The van der Waals surface area contributed by atoms with E-state index in [2.05, 4.69) is 10.1 Å². The van der Waals surface area contributed by atoms with Crippen LogP contribution >= 0.6 is 0 Å². The molecule has 0 amide bonds. The first-order valence-corrected chi connectivity index (χ1v) is 7.03. The lowest BCUT2D eigenvalue weighted by Gasteiger charge is -2.27. The summed E-state index contributed by atoms with van der Waals surface area (Å²) in [6, 6.07) is 6.71. The Balaban J connectivity index is 2.29. The van der Waals surface area contributed by atoms with Crippen molar-refractivity contribution in [2.24, 2.45) is 0 Å². The van der Waals surface area contributed by atoms with Crippen molar-refractivity contribution >= 4 is 0 Å². The van der Waals surface area contributed by atoms with Crippen molar-refractivity contribution in [1.29, 1.82) is 0 Å². The molecule has 2 rings (SSSR count). The zero-order valence-electron chi connectivity index (χ0n) is 11.5. The summed E-state index contributed by atoms with van der Waals surface area (Å²) in [4.78, 5) is 0. The number of para-hydroxylation sites is 1. The number of ether oxygens (including phenoxy) is 1. The number of alkyl halides is 3. The molecular formula is C15H20F3NO. The van der Waals surface area contributed by atoms with E-state index in [1.165, 1.54) is 6.07 Å². The van der Waals surface area contributed by atoms with Gasteiger partial charge in [-0.3, -0.25) is 0 Å². The fourth-order valence-corrected chi connectivity index (χ4v) is 3.03. The van der Waals surface area contributed by atoms with E-state index in [4.69, 9.17) is 0 Å². The van der Waals surface area contributed by atoms with Crippen molar-refractivity contribution in [1.82, 2.24) is 5.32 Å². The van der Waals surface area contributed by atoms with Gasteiger partial charge in [0, 0.05) is 12.0 Å². The van der Waals surface area contributed by atoms with Gasteiger partial charge >= 0.3 is 6.36 Å². The van der Waals surface area contributed by atoms with Gasteiger partial charge in [-0.25, -0.2) is 0 Å². The minimum atomic E-state index is -4.64. The summed E-state index contributed by atoms with van der Waals surface area (Å²) >= 11 is 0. The van der Waals surface area contributed by atoms with E-state index in [0.717, 1.165) is 32.1 Å². The van der Waals surface area contributed by atoms with Gasteiger partial charge in [-0.2, -0.15) is 0 Å². The van der Waals surface area contributed by atoms with Gasteiger partial charge in [-0.05, 0) is 31.5 Å². The second kappa shape index (κ2) is 6.48. The molecule has 0 aromatic heterocycles. The van der Waals surface area contributed by atoms with E-state index in [0.29, 0.717) is 5.56 Å². The molecule has 0 aliphatic heterocycles. The van der Waals surface area contributed by atoms with Crippen LogP contribution in [-0.4, -0.2) is 19.5 Å². The molecule has 2 nitrogen and oxygen atoms in total. The highest BCUT2D eigenvalue weighted by Gasteiger charge is 2.34. The number of benzene rings is 1. The maximum absolute atomic E-state index is 12.5. The predicted molar refractivity (Wildman–Crippen MR) is 71.8 cm³/mol. The van der Waals surface area contributed by atoms with Gasteiger partial charge in [-0.15, -0.1) is 13.2 Å². The first-order valence-electron chi connectivity index (χ1n) is 7.03. The minimum absolute atomic E-state index is 0.0628. The highest BCUT2D eigenvalue weighted by atomic mass is 19.4. The quantitative estimate of drug-likeness (QED) is 0.840. The Morgan fingerprint density at radius 2 is 1.80 bits per heavy atom. The molecule has 2 atom stereocenters. The molecule has 0 bridgehead atoms. The lowest BCUT2D eigenvalue weighted by Crippen LogP contribution is -2.32. The number of likely N-dealkylation sites (N-methyl/N-ethyl adjacent to an activating group) is 1.